The molecule has 29 heavy (non-hydrogen) atoms. The highest BCUT2D eigenvalue weighted by atomic mass is 19.3. The van der Waals surface area contributed by atoms with Crippen molar-refractivity contribution < 1.29 is 13.5 Å². The Morgan fingerprint density at radius 2 is 1.97 bits per heavy atom. The largest absolute Gasteiger partial charge is 0.374 e. The van der Waals surface area contributed by atoms with E-state index < -0.39 is 5.92 Å². The zero-order valence-electron chi connectivity index (χ0n) is 18.1. The fraction of sp³-hybridized carbons (Fsp3) is 0.864. The molecule has 1 saturated carbocycles. The third-order valence-corrected chi connectivity index (χ3v) is 7.10. The van der Waals surface area contributed by atoms with Gasteiger partial charge in [-0.1, -0.05) is 13.8 Å². The van der Waals surface area contributed by atoms with Crippen LogP contribution in [0, 0.1) is 5.41 Å². The topological polar surface area (TPSA) is 56.3 Å². The maximum atomic E-state index is 14.3. The number of likely N-dealkylation sites (N-methyl/N-ethyl adjacent to an activating group) is 1. The van der Waals surface area contributed by atoms with E-state index in [1.165, 1.54) is 0 Å². The van der Waals surface area contributed by atoms with E-state index in [1.54, 1.807) is 0 Å². The predicted octanol–water partition coefficient (Wildman–Crippen LogP) is 3.70. The highest BCUT2D eigenvalue weighted by Crippen LogP contribution is 2.51. The van der Waals surface area contributed by atoms with Gasteiger partial charge in [0.2, 0.25) is 0 Å². The first-order valence-electron chi connectivity index (χ1n) is 11.1. The number of fused-ring (bicyclic) bond motifs is 1. The fourth-order valence-electron chi connectivity index (χ4n) is 5.76. The number of aryl methyl sites for hydroxylation is 1. The lowest BCUT2D eigenvalue weighted by molar-refractivity contribution is -0.0313. The molecule has 1 aliphatic carbocycles. The molecule has 4 rings (SSSR count). The van der Waals surface area contributed by atoms with Crippen molar-refractivity contribution >= 4 is 0 Å². The molecule has 5 nitrogen and oxygen atoms in total. The van der Waals surface area contributed by atoms with Crippen LogP contribution in [-0.4, -0.2) is 52.9 Å². The van der Waals surface area contributed by atoms with Crippen LogP contribution in [0.4, 0.5) is 8.78 Å². The molecule has 0 radical (unpaired) electrons. The summed E-state index contributed by atoms with van der Waals surface area (Å²) in [5.41, 5.74) is 8.78. The van der Waals surface area contributed by atoms with E-state index in [4.69, 9.17) is 15.6 Å². The second-order valence-corrected chi connectivity index (χ2v) is 10.4. The van der Waals surface area contributed by atoms with Crippen LogP contribution >= 0.6 is 0 Å². The van der Waals surface area contributed by atoms with E-state index in [-0.39, 0.29) is 23.9 Å². The summed E-state index contributed by atoms with van der Waals surface area (Å²) in [6, 6.07) is 0. The Kier molecular flexibility index (Phi) is 5.53. The van der Waals surface area contributed by atoms with Gasteiger partial charge >= 0.3 is 0 Å². The zero-order valence-corrected chi connectivity index (χ0v) is 18.1. The van der Waals surface area contributed by atoms with E-state index in [0.717, 1.165) is 62.2 Å². The van der Waals surface area contributed by atoms with Crippen LogP contribution in [-0.2, 0) is 24.2 Å². The normalized spacial score (nSPS) is 30.8. The Balaban J connectivity index is 1.58. The Hall–Kier alpha value is -1.05. The van der Waals surface area contributed by atoms with Crippen molar-refractivity contribution in [1.82, 2.24) is 14.7 Å². The maximum absolute atomic E-state index is 14.3. The van der Waals surface area contributed by atoms with Crippen molar-refractivity contribution in [2.24, 2.45) is 11.1 Å². The minimum Gasteiger partial charge on any atom is -0.374 e. The molecule has 0 atom stereocenters. The number of nitrogens with two attached hydrogens (primary N) is 1. The van der Waals surface area contributed by atoms with Crippen molar-refractivity contribution in [1.29, 1.82) is 0 Å². The predicted molar refractivity (Wildman–Crippen MR) is 109 cm³/mol. The second-order valence-electron chi connectivity index (χ2n) is 10.4. The van der Waals surface area contributed by atoms with Gasteiger partial charge < -0.3 is 10.5 Å². The molecule has 2 aliphatic heterocycles. The number of aromatic nitrogens is 2. The van der Waals surface area contributed by atoms with Crippen LogP contribution < -0.4 is 5.73 Å². The van der Waals surface area contributed by atoms with Gasteiger partial charge in [-0.2, -0.15) is 5.10 Å². The molecule has 2 fully saturated rings. The molecule has 2 N–H and O–H groups in total. The van der Waals surface area contributed by atoms with Crippen molar-refractivity contribution in [3.05, 3.63) is 17.0 Å². The number of hydrogen-bond acceptors (Lipinski definition) is 4. The third kappa shape index (κ3) is 4.37. The SMILES string of the molecule is CN(CCN)Cc1nn2c(c1C1CCC3(CC1)CC(C)(C)CO3)CC(F)(F)CC2. The average Bonchev–Trinajstić information content (AvgIpc) is 3.12. The summed E-state index contributed by atoms with van der Waals surface area (Å²) < 4.78 is 36.7. The standard InChI is InChI=1S/C22H36F2N4O/c1-20(2)14-21(29-15-20)6-4-16(5-7-21)19-17(13-27(3)11-9-25)26-28-10-8-22(23,24)12-18(19)28/h16H,4-15,25H2,1-3H3. The molecule has 1 aromatic rings. The molecular weight excluding hydrogens is 374 g/mol. The zero-order chi connectivity index (χ0) is 20.9. The lowest BCUT2D eigenvalue weighted by Gasteiger charge is -2.38. The summed E-state index contributed by atoms with van der Waals surface area (Å²) in [4.78, 5) is 2.14. The minimum atomic E-state index is -2.63. The Bertz CT molecular complexity index is 737. The molecule has 1 spiro atoms. The van der Waals surface area contributed by atoms with Crippen LogP contribution in [0.1, 0.15) is 75.2 Å². The molecule has 164 valence electrons. The number of rotatable bonds is 5. The first kappa shape index (κ1) is 21.2. The molecule has 0 aromatic carbocycles. The summed E-state index contributed by atoms with van der Waals surface area (Å²) in [5.74, 6) is -2.33. The first-order chi connectivity index (χ1) is 13.6. The minimum absolute atomic E-state index is 0.00628. The van der Waals surface area contributed by atoms with Crippen LogP contribution in [0.15, 0.2) is 0 Å². The monoisotopic (exact) mass is 410 g/mol. The smallest absolute Gasteiger partial charge is 0.255 e. The van der Waals surface area contributed by atoms with Crippen LogP contribution in [0.2, 0.25) is 0 Å². The number of nitrogens with zero attached hydrogens (tertiary/aromatic N) is 3. The number of alkyl halides is 2. The molecule has 0 bridgehead atoms. The lowest BCUT2D eigenvalue weighted by atomic mass is 9.71. The molecule has 1 aromatic heterocycles. The van der Waals surface area contributed by atoms with Gasteiger partial charge in [-0.25, -0.2) is 8.78 Å². The van der Waals surface area contributed by atoms with E-state index >= 15 is 0 Å². The molecular formula is C22H36F2N4O. The Labute approximate surface area is 172 Å². The van der Waals surface area contributed by atoms with Gasteiger partial charge in [0.05, 0.1) is 24.3 Å². The Morgan fingerprint density at radius 3 is 2.59 bits per heavy atom. The third-order valence-electron chi connectivity index (χ3n) is 7.10. The number of halogens is 2. The Morgan fingerprint density at radius 1 is 1.24 bits per heavy atom. The average molecular weight is 411 g/mol. The molecule has 7 heteroatoms. The quantitative estimate of drug-likeness (QED) is 0.804. The molecule has 1 saturated heterocycles. The van der Waals surface area contributed by atoms with E-state index in [9.17, 15) is 8.78 Å². The van der Waals surface area contributed by atoms with Gasteiger partial charge in [-0.15, -0.1) is 0 Å². The first-order valence-corrected chi connectivity index (χ1v) is 11.1. The summed E-state index contributed by atoms with van der Waals surface area (Å²) in [5, 5.41) is 4.80. The van der Waals surface area contributed by atoms with E-state index in [2.05, 4.69) is 18.7 Å². The summed E-state index contributed by atoms with van der Waals surface area (Å²) in [6.45, 7) is 7.70. The van der Waals surface area contributed by atoms with Crippen molar-refractivity contribution in [2.45, 2.75) is 89.3 Å². The van der Waals surface area contributed by atoms with Gasteiger partial charge in [0.1, 0.15) is 0 Å². The lowest BCUT2D eigenvalue weighted by Crippen LogP contribution is -2.34. The van der Waals surface area contributed by atoms with Gasteiger partial charge in [0.15, 0.2) is 0 Å². The van der Waals surface area contributed by atoms with Gasteiger partial charge in [-0.3, -0.25) is 9.58 Å². The van der Waals surface area contributed by atoms with Crippen LogP contribution in [0.5, 0.6) is 0 Å². The van der Waals surface area contributed by atoms with Crippen molar-refractivity contribution in [3.63, 3.8) is 0 Å². The number of hydrogen-bond donors (Lipinski definition) is 1. The maximum Gasteiger partial charge on any atom is 0.255 e. The van der Waals surface area contributed by atoms with E-state index in [0.29, 0.717) is 25.6 Å². The van der Waals surface area contributed by atoms with Crippen molar-refractivity contribution in [2.75, 3.05) is 26.7 Å². The van der Waals surface area contributed by atoms with E-state index in [1.807, 2.05) is 11.7 Å². The molecule has 3 heterocycles. The summed E-state index contributed by atoms with van der Waals surface area (Å²) >= 11 is 0. The van der Waals surface area contributed by atoms with Crippen LogP contribution in [0.25, 0.3) is 0 Å². The number of ether oxygens (including phenoxy) is 1. The van der Waals surface area contributed by atoms with Gasteiger partial charge in [0, 0.05) is 43.9 Å². The van der Waals surface area contributed by atoms with Crippen molar-refractivity contribution in [3.8, 4) is 0 Å². The second kappa shape index (κ2) is 7.57. The molecule has 3 aliphatic rings. The molecule has 0 unspecified atom stereocenters. The fourth-order valence-corrected chi connectivity index (χ4v) is 5.76. The highest BCUT2D eigenvalue weighted by Gasteiger charge is 2.47. The van der Waals surface area contributed by atoms with Gasteiger partial charge in [-0.05, 0) is 50.5 Å². The summed E-state index contributed by atoms with van der Waals surface area (Å²) in [6.07, 6.45) is 4.82. The highest BCUT2D eigenvalue weighted by molar-refractivity contribution is 5.33. The summed E-state index contributed by atoms with van der Waals surface area (Å²) in [7, 11) is 2.02. The molecule has 0 amide bonds. The van der Waals surface area contributed by atoms with Crippen LogP contribution in [0.3, 0.4) is 0 Å². The van der Waals surface area contributed by atoms with Gasteiger partial charge in [0.25, 0.3) is 5.92 Å².